The summed E-state index contributed by atoms with van der Waals surface area (Å²) in [6.45, 7) is 18.9. The minimum Gasteiger partial charge on any atom is -0.459 e. The van der Waals surface area contributed by atoms with E-state index in [9.17, 15) is 9.59 Å². The van der Waals surface area contributed by atoms with Gasteiger partial charge in [-0.15, -0.1) is 6.58 Å². The molecule has 2 fully saturated rings. The number of piperidine rings is 2. The van der Waals surface area contributed by atoms with Crippen LogP contribution in [0.5, 0.6) is 0 Å². The number of carbonyl (C=O) groups is 2. The Labute approximate surface area is 268 Å². The zero-order valence-corrected chi connectivity index (χ0v) is 28.0. The molecule has 0 N–H and O–H groups in total. The van der Waals surface area contributed by atoms with Crippen LogP contribution in [0.4, 0.5) is 4.79 Å². The standard InChI is InChI=1S/C37H50N4O4/c1-8-37(20-12-13-21-40(37)34(43)45-36(5,6)7)29-16-17-30-31(24-29)41(25-27-14-10-9-11-15-27)38-33(30)28-18-22-39(23-19-28)26-32(42)44-35(2,3)4/h8-11,14-17,24,28H,1,12-13,18-23,25-26H2,2-7H3. The van der Waals surface area contributed by atoms with E-state index in [1.165, 1.54) is 5.56 Å². The third-order valence-corrected chi connectivity index (χ3v) is 8.83. The van der Waals surface area contributed by atoms with Gasteiger partial charge in [0.25, 0.3) is 0 Å². The first-order valence-electron chi connectivity index (χ1n) is 16.4. The van der Waals surface area contributed by atoms with Crippen molar-refractivity contribution in [1.82, 2.24) is 19.6 Å². The minimum absolute atomic E-state index is 0.176. The van der Waals surface area contributed by atoms with E-state index in [1.807, 2.05) is 58.6 Å². The number of likely N-dealkylation sites (tertiary alicyclic amines) is 2. The molecule has 45 heavy (non-hydrogen) atoms. The van der Waals surface area contributed by atoms with E-state index < -0.39 is 16.7 Å². The molecule has 1 atom stereocenters. The summed E-state index contributed by atoms with van der Waals surface area (Å²) in [5.41, 5.74) is 2.63. The maximum atomic E-state index is 13.5. The van der Waals surface area contributed by atoms with Crippen molar-refractivity contribution in [3.05, 3.63) is 78.0 Å². The first-order valence-corrected chi connectivity index (χ1v) is 16.4. The number of hydrogen-bond acceptors (Lipinski definition) is 6. The monoisotopic (exact) mass is 614 g/mol. The van der Waals surface area contributed by atoms with Gasteiger partial charge >= 0.3 is 12.1 Å². The molecule has 0 bridgehead atoms. The highest BCUT2D eigenvalue weighted by atomic mass is 16.6. The highest BCUT2D eigenvalue weighted by molar-refractivity contribution is 5.84. The Hall–Kier alpha value is -3.65. The van der Waals surface area contributed by atoms with Crippen molar-refractivity contribution in [3.63, 3.8) is 0 Å². The number of ether oxygens (including phenoxy) is 2. The Bertz CT molecular complexity index is 1510. The summed E-state index contributed by atoms with van der Waals surface area (Å²) in [4.78, 5) is 30.0. The number of aromatic nitrogens is 2. The van der Waals surface area contributed by atoms with Crippen LogP contribution in [0.1, 0.15) is 96.4 Å². The van der Waals surface area contributed by atoms with Crippen LogP contribution in [0.3, 0.4) is 0 Å². The van der Waals surface area contributed by atoms with Gasteiger partial charge in [0.1, 0.15) is 11.2 Å². The second-order valence-corrected chi connectivity index (χ2v) is 14.6. The van der Waals surface area contributed by atoms with Crippen molar-refractivity contribution in [2.45, 2.75) is 103 Å². The second kappa shape index (κ2) is 13.0. The van der Waals surface area contributed by atoms with Crippen molar-refractivity contribution in [2.75, 3.05) is 26.2 Å². The maximum absolute atomic E-state index is 13.5. The summed E-state index contributed by atoms with van der Waals surface area (Å²) in [6, 6.07) is 17.0. The lowest BCUT2D eigenvalue weighted by Gasteiger charge is -2.45. The number of esters is 1. The van der Waals surface area contributed by atoms with Gasteiger partial charge in [-0.2, -0.15) is 5.10 Å². The first kappa shape index (κ1) is 32.7. The van der Waals surface area contributed by atoms with Gasteiger partial charge in [0.2, 0.25) is 0 Å². The topological polar surface area (TPSA) is 76.9 Å². The molecule has 0 radical (unpaired) electrons. The fraction of sp³-hybridized carbons (Fsp3) is 0.541. The molecule has 0 aliphatic carbocycles. The van der Waals surface area contributed by atoms with E-state index in [-0.39, 0.29) is 18.0 Å². The Morgan fingerprint density at radius 3 is 2.29 bits per heavy atom. The molecule has 1 amide bonds. The zero-order chi connectivity index (χ0) is 32.4. The number of rotatable bonds is 7. The van der Waals surface area contributed by atoms with E-state index in [0.29, 0.717) is 19.6 Å². The van der Waals surface area contributed by atoms with Crippen LogP contribution in [0.15, 0.2) is 61.2 Å². The molecular weight excluding hydrogens is 564 g/mol. The smallest absolute Gasteiger partial charge is 0.411 e. The SMILES string of the molecule is C=CC1(c2ccc3c(C4CCN(CC(=O)OC(C)(C)C)CC4)nn(Cc4ccccc4)c3c2)CCCCN1C(=O)OC(C)(C)C. The fourth-order valence-electron chi connectivity index (χ4n) is 6.77. The van der Waals surface area contributed by atoms with Gasteiger partial charge in [-0.25, -0.2) is 4.79 Å². The van der Waals surface area contributed by atoms with Gasteiger partial charge < -0.3 is 9.47 Å². The molecule has 0 saturated carbocycles. The fourth-order valence-corrected chi connectivity index (χ4v) is 6.77. The van der Waals surface area contributed by atoms with Crippen LogP contribution >= 0.6 is 0 Å². The molecule has 2 aliphatic rings. The minimum atomic E-state index is -0.663. The molecule has 5 rings (SSSR count). The predicted octanol–water partition coefficient (Wildman–Crippen LogP) is 7.41. The lowest BCUT2D eigenvalue weighted by atomic mass is 9.80. The molecule has 3 heterocycles. The third kappa shape index (κ3) is 7.60. The summed E-state index contributed by atoms with van der Waals surface area (Å²) >= 11 is 0. The molecular formula is C37H50N4O4. The first-order chi connectivity index (χ1) is 21.3. The average Bonchev–Trinajstić information content (AvgIpc) is 3.33. The summed E-state index contributed by atoms with van der Waals surface area (Å²) in [5, 5.41) is 6.39. The van der Waals surface area contributed by atoms with Gasteiger partial charge in [0.05, 0.1) is 29.8 Å². The normalized spacial score (nSPS) is 20.3. The molecule has 1 aromatic heterocycles. The molecule has 0 spiro atoms. The Balaban J connectivity index is 1.47. The summed E-state index contributed by atoms with van der Waals surface area (Å²) < 4.78 is 13.6. The quantitative estimate of drug-likeness (QED) is 0.204. The number of nitrogens with zero attached hydrogens (tertiary/aromatic N) is 4. The third-order valence-electron chi connectivity index (χ3n) is 8.83. The Morgan fingerprint density at radius 2 is 1.64 bits per heavy atom. The van der Waals surface area contributed by atoms with Crippen LogP contribution in [-0.4, -0.2) is 69.0 Å². The largest absolute Gasteiger partial charge is 0.459 e. The lowest BCUT2D eigenvalue weighted by Crippen LogP contribution is -2.52. The van der Waals surface area contributed by atoms with Crippen LogP contribution < -0.4 is 0 Å². The molecule has 2 aliphatic heterocycles. The summed E-state index contributed by atoms with van der Waals surface area (Å²) in [6.07, 6.45) is 6.18. The van der Waals surface area contributed by atoms with E-state index in [0.717, 1.165) is 67.4 Å². The highest BCUT2D eigenvalue weighted by Crippen LogP contribution is 2.42. The van der Waals surface area contributed by atoms with Crippen molar-refractivity contribution >= 4 is 23.0 Å². The van der Waals surface area contributed by atoms with Gasteiger partial charge in [0.15, 0.2) is 0 Å². The van der Waals surface area contributed by atoms with E-state index in [1.54, 1.807) is 0 Å². The van der Waals surface area contributed by atoms with Crippen LogP contribution in [0, 0.1) is 0 Å². The average molecular weight is 615 g/mol. The summed E-state index contributed by atoms with van der Waals surface area (Å²) in [5.74, 6) is 0.108. The molecule has 8 heteroatoms. The second-order valence-electron chi connectivity index (χ2n) is 14.6. The zero-order valence-electron chi connectivity index (χ0n) is 28.0. The number of hydrogen-bond donors (Lipinski definition) is 0. The van der Waals surface area contributed by atoms with Crippen molar-refractivity contribution in [1.29, 1.82) is 0 Å². The molecule has 242 valence electrons. The number of carbonyl (C=O) groups excluding carboxylic acids is 2. The highest BCUT2D eigenvalue weighted by Gasteiger charge is 2.43. The Morgan fingerprint density at radius 1 is 0.956 bits per heavy atom. The maximum Gasteiger partial charge on any atom is 0.411 e. The van der Waals surface area contributed by atoms with Gasteiger partial charge in [0, 0.05) is 17.8 Å². The van der Waals surface area contributed by atoms with Crippen LogP contribution in [-0.2, 0) is 26.4 Å². The summed E-state index contributed by atoms with van der Waals surface area (Å²) in [7, 11) is 0. The molecule has 8 nitrogen and oxygen atoms in total. The van der Waals surface area contributed by atoms with E-state index in [4.69, 9.17) is 14.6 Å². The Kier molecular flexibility index (Phi) is 9.45. The number of amides is 1. The van der Waals surface area contributed by atoms with Crippen molar-refractivity contribution < 1.29 is 19.1 Å². The van der Waals surface area contributed by atoms with Crippen molar-refractivity contribution in [2.24, 2.45) is 0 Å². The number of fused-ring (bicyclic) bond motifs is 1. The molecule has 2 saturated heterocycles. The van der Waals surface area contributed by atoms with Gasteiger partial charge in [-0.1, -0.05) is 48.5 Å². The molecule has 2 aromatic carbocycles. The predicted molar refractivity (Wildman–Crippen MR) is 178 cm³/mol. The molecule has 1 unspecified atom stereocenters. The van der Waals surface area contributed by atoms with Gasteiger partial charge in [-0.3, -0.25) is 19.3 Å². The lowest BCUT2D eigenvalue weighted by molar-refractivity contribution is -0.156. The van der Waals surface area contributed by atoms with Crippen molar-refractivity contribution in [3.8, 4) is 0 Å². The van der Waals surface area contributed by atoms with E-state index >= 15 is 0 Å². The van der Waals surface area contributed by atoms with Crippen LogP contribution in [0.2, 0.25) is 0 Å². The number of benzene rings is 2. The van der Waals surface area contributed by atoms with E-state index in [2.05, 4.69) is 58.6 Å². The van der Waals surface area contributed by atoms with Crippen LogP contribution in [0.25, 0.3) is 10.9 Å². The van der Waals surface area contributed by atoms with Gasteiger partial charge in [-0.05, 0) is 104 Å². The molecule has 3 aromatic rings.